The van der Waals surface area contributed by atoms with Crippen LogP contribution in [0.2, 0.25) is 0 Å². The van der Waals surface area contributed by atoms with E-state index in [4.69, 9.17) is 14.2 Å². The maximum Gasteiger partial charge on any atom is 0.407 e. The van der Waals surface area contributed by atoms with Gasteiger partial charge in [-0.15, -0.1) is 0 Å². The molecule has 7 heteroatoms. The van der Waals surface area contributed by atoms with Crippen molar-refractivity contribution in [1.82, 2.24) is 10.3 Å². The van der Waals surface area contributed by atoms with E-state index in [1.54, 1.807) is 48.8 Å². The molecule has 0 unspecified atom stereocenters. The molecule has 1 aromatic heterocycles. The summed E-state index contributed by atoms with van der Waals surface area (Å²) in [5.41, 5.74) is -0.155. The molecule has 30 heavy (non-hydrogen) atoms. The van der Waals surface area contributed by atoms with Crippen molar-refractivity contribution in [2.45, 2.75) is 64.2 Å². The van der Waals surface area contributed by atoms with E-state index in [2.05, 4.69) is 10.3 Å². The van der Waals surface area contributed by atoms with Gasteiger partial charge in [-0.05, 0) is 70.7 Å². The molecule has 0 saturated heterocycles. The summed E-state index contributed by atoms with van der Waals surface area (Å²) in [5.74, 6) is 0.556. The Hall–Kier alpha value is -3.09. The number of ether oxygens (including phenoxy) is 3. The highest BCUT2D eigenvalue weighted by atomic mass is 16.6. The van der Waals surface area contributed by atoms with Crippen molar-refractivity contribution in [2.75, 3.05) is 0 Å². The van der Waals surface area contributed by atoms with Crippen molar-refractivity contribution in [3.05, 3.63) is 54.4 Å². The Labute approximate surface area is 176 Å². The van der Waals surface area contributed by atoms with Crippen LogP contribution in [0.1, 0.15) is 56.8 Å². The number of benzene rings is 1. The molecule has 7 nitrogen and oxygen atoms in total. The van der Waals surface area contributed by atoms with E-state index in [0.29, 0.717) is 29.9 Å². The SMILES string of the molecule is CC(C)(C)OC(=O)NC1CCC(OC(=O)c2ccccc2Oc2cccnc2)CC1. The number of para-hydroxylation sites is 1. The number of nitrogens with zero attached hydrogens (tertiary/aromatic N) is 1. The summed E-state index contributed by atoms with van der Waals surface area (Å²) in [6, 6.07) is 10.5. The van der Waals surface area contributed by atoms with E-state index in [1.165, 1.54) is 0 Å². The van der Waals surface area contributed by atoms with Gasteiger partial charge in [-0.25, -0.2) is 9.59 Å². The first-order chi connectivity index (χ1) is 14.3. The highest BCUT2D eigenvalue weighted by Gasteiger charge is 2.27. The van der Waals surface area contributed by atoms with Crippen molar-refractivity contribution < 1.29 is 23.8 Å². The Morgan fingerprint density at radius 1 is 1.03 bits per heavy atom. The minimum Gasteiger partial charge on any atom is -0.459 e. The van der Waals surface area contributed by atoms with E-state index in [0.717, 1.165) is 12.8 Å². The van der Waals surface area contributed by atoms with Crippen LogP contribution in [0.4, 0.5) is 4.79 Å². The summed E-state index contributed by atoms with van der Waals surface area (Å²) in [4.78, 5) is 28.7. The lowest BCUT2D eigenvalue weighted by Gasteiger charge is -2.30. The number of carbonyl (C=O) groups excluding carboxylic acids is 2. The molecular weight excluding hydrogens is 384 g/mol. The van der Waals surface area contributed by atoms with Gasteiger partial charge in [0.05, 0.1) is 6.20 Å². The van der Waals surface area contributed by atoms with Gasteiger partial charge < -0.3 is 19.5 Å². The number of alkyl carbamates (subject to hydrolysis) is 1. The van der Waals surface area contributed by atoms with Crippen LogP contribution in [0.15, 0.2) is 48.8 Å². The molecule has 160 valence electrons. The molecule has 1 aliphatic carbocycles. The molecule has 0 radical (unpaired) electrons. The fourth-order valence-corrected chi connectivity index (χ4v) is 3.27. The number of hydrogen-bond donors (Lipinski definition) is 1. The number of carbonyl (C=O) groups is 2. The first kappa shape index (κ1) is 21.6. The zero-order chi connectivity index (χ0) is 21.6. The van der Waals surface area contributed by atoms with Gasteiger partial charge in [0, 0.05) is 12.2 Å². The van der Waals surface area contributed by atoms with Crippen molar-refractivity contribution in [1.29, 1.82) is 0 Å². The van der Waals surface area contributed by atoms with Gasteiger partial charge in [0.15, 0.2) is 0 Å². The standard InChI is InChI=1S/C23H28N2O5/c1-23(2,3)30-22(27)25-16-10-12-17(13-11-16)29-21(26)19-8-4-5-9-20(19)28-18-7-6-14-24-15-18/h4-9,14-17H,10-13H2,1-3H3,(H,25,27). The summed E-state index contributed by atoms with van der Waals surface area (Å²) >= 11 is 0. The average molecular weight is 412 g/mol. The third kappa shape index (κ3) is 6.47. The predicted octanol–water partition coefficient (Wildman–Crippen LogP) is 4.87. The second kappa shape index (κ2) is 9.61. The molecule has 3 rings (SSSR count). The summed E-state index contributed by atoms with van der Waals surface area (Å²) in [6.07, 6.45) is 5.44. The van der Waals surface area contributed by atoms with Crippen molar-refractivity contribution in [3.8, 4) is 11.5 Å². The highest BCUT2D eigenvalue weighted by Crippen LogP contribution is 2.28. The summed E-state index contributed by atoms with van der Waals surface area (Å²) in [6.45, 7) is 5.50. The van der Waals surface area contributed by atoms with Crippen LogP contribution in [-0.4, -0.2) is 34.8 Å². The first-order valence-electron chi connectivity index (χ1n) is 10.2. The van der Waals surface area contributed by atoms with Crippen LogP contribution >= 0.6 is 0 Å². The maximum atomic E-state index is 12.7. The van der Waals surface area contributed by atoms with E-state index < -0.39 is 17.7 Å². The third-order valence-corrected chi connectivity index (χ3v) is 4.64. The van der Waals surface area contributed by atoms with E-state index in [9.17, 15) is 9.59 Å². The maximum absolute atomic E-state index is 12.7. The van der Waals surface area contributed by atoms with Crippen molar-refractivity contribution in [3.63, 3.8) is 0 Å². The average Bonchev–Trinajstić information content (AvgIpc) is 2.69. The summed E-state index contributed by atoms with van der Waals surface area (Å²) in [7, 11) is 0. The smallest absolute Gasteiger partial charge is 0.407 e. The molecule has 1 amide bonds. The molecule has 0 atom stereocenters. The van der Waals surface area contributed by atoms with E-state index in [-0.39, 0.29) is 12.1 Å². The van der Waals surface area contributed by atoms with Gasteiger partial charge in [-0.1, -0.05) is 12.1 Å². The molecule has 0 spiro atoms. The number of amides is 1. The molecular formula is C23H28N2O5. The molecule has 0 aliphatic heterocycles. The van der Waals surface area contributed by atoms with Crippen LogP contribution in [0.3, 0.4) is 0 Å². The Bertz CT molecular complexity index is 855. The quantitative estimate of drug-likeness (QED) is 0.705. The molecule has 1 fully saturated rings. The normalized spacial score (nSPS) is 18.9. The first-order valence-corrected chi connectivity index (χ1v) is 10.2. The van der Waals surface area contributed by atoms with Gasteiger partial charge >= 0.3 is 12.1 Å². The van der Waals surface area contributed by atoms with Gasteiger partial charge in [0.1, 0.15) is 28.8 Å². The molecule has 1 heterocycles. The van der Waals surface area contributed by atoms with Gasteiger partial charge in [-0.3, -0.25) is 4.98 Å². The van der Waals surface area contributed by atoms with E-state index >= 15 is 0 Å². The van der Waals surface area contributed by atoms with Crippen LogP contribution in [-0.2, 0) is 9.47 Å². The Kier molecular flexibility index (Phi) is 6.92. The minimum atomic E-state index is -0.526. The fraction of sp³-hybridized carbons (Fsp3) is 0.435. The molecule has 2 aromatic rings. The minimum absolute atomic E-state index is 0.0241. The lowest BCUT2D eigenvalue weighted by molar-refractivity contribution is 0.0160. The van der Waals surface area contributed by atoms with Crippen LogP contribution in [0.5, 0.6) is 11.5 Å². The van der Waals surface area contributed by atoms with Gasteiger partial charge in [0.2, 0.25) is 0 Å². The number of esters is 1. The molecule has 1 aromatic carbocycles. The number of rotatable bonds is 5. The van der Waals surface area contributed by atoms with Gasteiger partial charge in [-0.2, -0.15) is 0 Å². The third-order valence-electron chi connectivity index (χ3n) is 4.64. The van der Waals surface area contributed by atoms with E-state index in [1.807, 2.05) is 20.8 Å². The number of pyridine rings is 1. The summed E-state index contributed by atoms with van der Waals surface area (Å²) < 4.78 is 16.8. The zero-order valence-electron chi connectivity index (χ0n) is 17.6. The molecule has 1 aliphatic rings. The van der Waals surface area contributed by atoms with Gasteiger partial charge in [0.25, 0.3) is 0 Å². The lowest BCUT2D eigenvalue weighted by Crippen LogP contribution is -2.42. The summed E-state index contributed by atoms with van der Waals surface area (Å²) in [5, 5.41) is 2.89. The Balaban J connectivity index is 1.52. The van der Waals surface area contributed by atoms with Crippen LogP contribution < -0.4 is 10.1 Å². The highest BCUT2D eigenvalue weighted by molar-refractivity contribution is 5.92. The monoisotopic (exact) mass is 412 g/mol. The topological polar surface area (TPSA) is 86.8 Å². The van der Waals surface area contributed by atoms with Crippen molar-refractivity contribution in [2.24, 2.45) is 0 Å². The fourth-order valence-electron chi connectivity index (χ4n) is 3.27. The predicted molar refractivity (Wildman–Crippen MR) is 112 cm³/mol. The second-order valence-corrected chi connectivity index (χ2v) is 8.31. The Morgan fingerprint density at radius 2 is 1.77 bits per heavy atom. The number of nitrogens with one attached hydrogen (secondary N) is 1. The van der Waals surface area contributed by atoms with Crippen LogP contribution in [0, 0.1) is 0 Å². The molecule has 1 saturated carbocycles. The zero-order valence-corrected chi connectivity index (χ0v) is 17.6. The van der Waals surface area contributed by atoms with Crippen LogP contribution in [0.25, 0.3) is 0 Å². The van der Waals surface area contributed by atoms with Crippen molar-refractivity contribution >= 4 is 12.1 Å². The lowest BCUT2D eigenvalue weighted by atomic mass is 9.93. The largest absolute Gasteiger partial charge is 0.459 e. The molecule has 1 N–H and O–H groups in total. The number of aromatic nitrogens is 1. The Morgan fingerprint density at radius 3 is 2.43 bits per heavy atom. The molecule has 0 bridgehead atoms. The number of hydrogen-bond acceptors (Lipinski definition) is 6. The second-order valence-electron chi connectivity index (χ2n) is 8.31.